The van der Waals surface area contributed by atoms with Crippen LogP contribution in [0.5, 0.6) is 0 Å². The number of likely N-dealkylation sites (tertiary alicyclic amines) is 1. The van der Waals surface area contributed by atoms with Crippen LogP contribution in [-0.2, 0) is 16.6 Å². The maximum atomic E-state index is 13.4. The first kappa shape index (κ1) is 33.1. The lowest BCUT2D eigenvalue weighted by molar-refractivity contribution is -0.135. The zero-order valence-electron chi connectivity index (χ0n) is 28.0. The Morgan fingerprint density at radius 2 is 1.64 bits per heavy atom. The van der Waals surface area contributed by atoms with Gasteiger partial charge in [0.2, 0.25) is 5.91 Å². The molecule has 0 radical (unpaired) electrons. The summed E-state index contributed by atoms with van der Waals surface area (Å²) in [4.78, 5) is 37.7. The van der Waals surface area contributed by atoms with Crippen LogP contribution in [0.25, 0.3) is 11.0 Å². The zero-order chi connectivity index (χ0) is 33.5. The molecule has 2 aliphatic rings. The van der Waals surface area contributed by atoms with E-state index in [0.717, 1.165) is 47.0 Å². The number of carboxylic acid groups (broad SMARTS) is 1. The molecule has 4 aromatic rings. The van der Waals surface area contributed by atoms with Gasteiger partial charge in [0, 0.05) is 29.2 Å². The molecule has 3 aromatic carbocycles. The van der Waals surface area contributed by atoms with Crippen LogP contribution in [0.4, 0.5) is 10.5 Å². The zero-order valence-corrected chi connectivity index (χ0v) is 29.5. The molecule has 3 heterocycles. The highest BCUT2D eigenvalue weighted by atomic mass is 79.9. The SMILES string of the molecule is CC(C)[C@H](NC(=O)O)C(=O)N1CCC[C@H]1Cc1nc2ccc(C3CCC(c4ccc(Br)cc4)N3c3ccc(C(C)(C)C)cc3)cc2[nH]1. The molecule has 0 saturated carbocycles. The van der Waals surface area contributed by atoms with E-state index in [-0.39, 0.29) is 35.4 Å². The number of anilines is 1. The molecule has 0 aliphatic carbocycles. The van der Waals surface area contributed by atoms with Crippen LogP contribution in [-0.4, -0.2) is 50.6 Å². The van der Waals surface area contributed by atoms with Crippen molar-refractivity contribution in [2.24, 2.45) is 5.92 Å². The Hall–Kier alpha value is -3.85. The summed E-state index contributed by atoms with van der Waals surface area (Å²) in [7, 11) is 0. The summed E-state index contributed by atoms with van der Waals surface area (Å²) in [5.74, 6) is 0.558. The molecule has 2 unspecified atom stereocenters. The second kappa shape index (κ2) is 13.3. The number of nitrogens with zero attached hydrogens (tertiary/aromatic N) is 3. The number of rotatable bonds is 8. The fourth-order valence-electron chi connectivity index (χ4n) is 7.41. The Morgan fingerprint density at radius 3 is 2.28 bits per heavy atom. The molecular weight excluding hydrogens is 654 g/mol. The van der Waals surface area contributed by atoms with Crippen LogP contribution in [0.2, 0.25) is 0 Å². The lowest BCUT2D eigenvalue weighted by atomic mass is 9.87. The van der Waals surface area contributed by atoms with E-state index >= 15 is 0 Å². The van der Waals surface area contributed by atoms with Gasteiger partial charge < -0.3 is 25.2 Å². The van der Waals surface area contributed by atoms with Crippen molar-refractivity contribution < 1.29 is 14.7 Å². The number of H-pyrrole nitrogens is 1. The van der Waals surface area contributed by atoms with E-state index in [0.29, 0.717) is 13.0 Å². The third-order valence-corrected chi connectivity index (χ3v) is 10.4. The molecule has 2 aliphatic heterocycles. The van der Waals surface area contributed by atoms with Gasteiger partial charge in [-0.3, -0.25) is 4.79 Å². The van der Waals surface area contributed by atoms with Crippen LogP contribution >= 0.6 is 15.9 Å². The average Bonchev–Trinajstić information content (AvgIpc) is 3.77. The molecule has 6 rings (SSSR count). The molecule has 3 N–H and O–H groups in total. The Kier molecular flexibility index (Phi) is 9.38. The highest BCUT2D eigenvalue weighted by Crippen LogP contribution is 2.47. The number of halogens is 1. The highest BCUT2D eigenvalue weighted by molar-refractivity contribution is 9.10. The van der Waals surface area contributed by atoms with Crippen molar-refractivity contribution in [2.45, 2.75) is 96.3 Å². The summed E-state index contributed by atoms with van der Waals surface area (Å²) < 4.78 is 1.08. The summed E-state index contributed by atoms with van der Waals surface area (Å²) in [5, 5.41) is 11.7. The lowest BCUT2D eigenvalue weighted by Gasteiger charge is -2.34. The van der Waals surface area contributed by atoms with Gasteiger partial charge in [0.1, 0.15) is 11.9 Å². The van der Waals surface area contributed by atoms with Gasteiger partial charge >= 0.3 is 6.09 Å². The quantitative estimate of drug-likeness (QED) is 0.171. The highest BCUT2D eigenvalue weighted by Gasteiger charge is 2.37. The molecule has 1 aromatic heterocycles. The minimum Gasteiger partial charge on any atom is -0.465 e. The Labute approximate surface area is 286 Å². The smallest absolute Gasteiger partial charge is 0.405 e. The second-order valence-corrected chi connectivity index (χ2v) is 15.4. The number of fused-ring (bicyclic) bond motifs is 1. The topological polar surface area (TPSA) is 102 Å². The largest absolute Gasteiger partial charge is 0.465 e. The number of carbonyl (C=O) groups excluding carboxylic acids is 1. The van der Waals surface area contributed by atoms with E-state index in [2.05, 4.69) is 119 Å². The van der Waals surface area contributed by atoms with E-state index in [1.54, 1.807) is 0 Å². The monoisotopic (exact) mass is 699 g/mol. The van der Waals surface area contributed by atoms with Gasteiger partial charge in [-0.05, 0) is 90.1 Å². The standard InChI is InChI=1S/C38H46BrN5O3/c1-23(2)35(42-37(46)47)36(45)43-20-6-7-29(43)22-34-40-30-17-10-25(21-31(30)41-34)33-19-18-32(24-8-13-27(39)14-9-24)44(33)28-15-11-26(12-16-28)38(3,4)5/h8-17,21,23,29,32-33,35,42H,6-7,18-20,22H2,1-5H3,(H,40,41)(H,46,47)/t29-,32?,33?,35-/m0/s1. The Morgan fingerprint density at radius 1 is 0.979 bits per heavy atom. The van der Waals surface area contributed by atoms with E-state index in [4.69, 9.17) is 4.98 Å². The van der Waals surface area contributed by atoms with Crippen LogP contribution in [0.1, 0.15) is 94.9 Å². The summed E-state index contributed by atoms with van der Waals surface area (Å²) in [5.41, 5.74) is 7.11. The van der Waals surface area contributed by atoms with Crippen LogP contribution in [0.3, 0.4) is 0 Å². The number of carbonyl (C=O) groups is 2. The number of hydrogen-bond acceptors (Lipinski definition) is 4. The number of nitrogens with one attached hydrogen (secondary N) is 2. The van der Waals surface area contributed by atoms with Crippen molar-refractivity contribution in [1.82, 2.24) is 20.2 Å². The molecule has 248 valence electrons. The van der Waals surface area contributed by atoms with Gasteiger partial charge in [-0.15, -0.1) is 0 Å². The predicted molar refractivity (Wildman–Crippen MR) is 191 cm³/mol. The van der Waals surface area contributed by atoms with Gasteiger partial charge in [-0.1, -0.05) is 80.9 Å². The Bertz CT molecular complexity index is 1730. The van der Waals surface area contributed by atoms with Gasteiger partial charge in [-0.2, -0.15) is 0 Å². The number of hydrogen-bond donors (Lipinski definition) is 3. The van der Waals surface area contributed by atoms with Crippen molar-refractivity contribution in [2.75, 3.05) is 11.4 Å². The van der Waals surface area contributed by atoms with Crippen molar-refractivity contribution in [3.05, 3.63) is 93.7 Å². The molecule has 8 nitrogen and oxygen atoms in total. The predicted octanol–water partition coefficient (Wildman–Crippen LogP) is 8.53. The molecule has 0 spiro atoms. The van der Waals surface area contributed by atoms with Gasteiger partial charge in [0.15, 0.2) is 0 Å². The van der Waals surface area contributed by atoms with Crippen molar-refractivity contribution in [1.29, 1.82) is 0 Å². The van der Waals surface area contributed by atoms with E-state index in [1.807, 2.05) is 18.7 Å². The molecule has 9 heteroatoms. The molecule has 47 heavy (non-hydrogen) atoms. The number of amides is 2. The fraction of sp³-hybridized carbons (Fsp3) is 0.447. The number of imidazole rings is 1. The van der Waals surface area contributed by atoms with Gasteiger partial charge in [0.25, 0.3) is 0 Å². The minimum absolute atomic E-state index is 0.0209. The first-order valence-electron chi connectivity index (χ1n) is 16.8. The molecular formula is C38H46BrN5O3. The van der Waals surface area contributed by atoms with Crippen LogP contribution < -0.4 is 10.2 Å². The third-order valence-electron chi connectivity index (χ3n) is 9.91. The molecule has 2 amide bonds. The third kappa shape index (κ3) is 7.05. The summed E-state index contributed by atoms with van der Waals surface area (Å²) in [6.07, 6.45) is 3.29. The van der Waals surface area contributed by atoms with Gasteiger partial charge in [0.05, 0.1) is 23.1 Å². The van der Waals surface area contributed by atoms with E-state index in [9.17, 15) is 14.7 Å². The normalized spacial score (nSPS) is 20.7. The summed E-state index contributed by atoms with van der Waals surface area (Å²) in [6, 6.07) is 24.1. The molecule has 2 saturated heterocycles. The number of benzene rings is 3. The lowest BCUT2D eigenvalue weighted by Crippen LogP contribution is -2.52. The minimum atomic E-state index is -1.17. The average molecular weight is 701 g/mol. The first-order chi connectivity index (χ1) is 22.4. The maximum absolute atomic E-state index is 13.4. The number of aromatic nitrogens is 2. The molecule has 2 fully saturated rings. The maximum Gasteiger partial charge on any atom is 0.405 e. The van der Waals surface area contributed by atoms with Crippen molar-refractivity contribution >= 4 is 44.7 Å². The first-order valence-corrected chi connectivity index (χ1v) is 17.6. The van der Waals surface area contributed by atoms with Crippen molar-refractivity contribution in [3.63, 3.8) is 0 Å². The summed E-state index contributed by atoms with van der Waals surface area (Å²) >= 11 is 3.61. The fourth-order valence-corrected chi connectivity index (χ4v) is 7.68. The van der Waals surface area contributed by atoms with E-state index in [1.165, 1.54) is 22.4 Å². The molecule has 0 bridgehead atoms. The summed E-state index contributed by atoms with van der Waals surface area (Å²) in [6.45, 7) is 11.1. The number of aromatic amines is 1. The van der Waals surface area contributed by atoms with E-state index < -0.39 is 12.1 Å². The van der Waals surface area contributed by atoms with Gasteiger partial charge in [-0.25, -0.2) is 9.78 Å². The second-order valence-electron chi connectivity index (χ2n) is 14.5. The Balaban J connectivity index is 1.26. The van der Waals surface area contributed by atoms with Crippen LogP contribution in [0.15, 0.2) is 71.2 Å². The van der Waals surface area contributed by atoms with Crippen LogP contribution in [0, 0.1) is 5.92 Å². The van der Waals surface area contributed by atoms with Crippen molar-refractivity contribution in [3.8, 4) is 0 Å². The molecule has 4 atom stereocenters.